The number of piperazine rings is 1. The standard InChI is InChI=1S/C18H20N4O2S/c1-12-20-15(11-25-12)13-2-3-16-14(8-13)4-6-22(16)18(24)10-21-7-5-19-17(23)9-21/h2-3,8,11H,4-7,9-10H2,1H3,(H,19,23). The minimum atomic E-state index is -0.0101. The lowest BCUT2D eigenvalue weighted by Gasteiger charge is -2.28. The van der Waals surface area contributed by atoms with E-state index in [1.165, 1.54) is 5.56 Å². The van der Waals surface area contributed by atoms with Gasteiger partial charge in [-0.2, -0.15) is 0 Å². The summed E-state index contributed by atoms with van der Waals surface area (Å²) in [5.41, 5.74) is 4.27. The molecule has 1 saturated heterocycles. The van der Waals surface area contributed by atoms with Crippen LogP contribution < -0.4 is 10.2 Å². The number of hydrogen-bond acceptors (Lipinski definition) is 5. The molecule has 6 nitrogen and oxygen atoms in total. The zero-order chi connectivity index (χ0) is 17.4. The van der Waals surface area contributed by atoms with Crippen molar-refractivity contribution in [1.29, 1.82) is 0 Å². The second-order valence-corrected chi connectivity index (χ2v) is 7.51. The van der Waals surface area contributed by atoms with Gasteiger partial charge in [0.25, 0.3) is 0 Å². The fraction of sp³-hybridized carbons (Fsp3) is 0.389. The van der Waals surface area contributed by atoms with Crippen molar-refractivity contribution >= 4 is 28.8 Å². The molecule has 1 aromatic carbocycles. The van der Waals surface area contributed by atoms with Crippen LogP contribution in [0.3, 0.4) is 0 Å². The summed E-state index contributed by atoms with van der Waals surface area (Å²) in [5, 5.41) is 5.90. The van der Waals surface area contributed by atoms with Crippen LogP contribution >= 0.6 is 11.3 Å². The average Bonchev–Trinajstić information content (AvgIpc) is 3.20. The van der Waals surface area contributed by atoms with Gasteiger partial charge in [-0.15, -0.1) is 11.3 Å². The van der Waals surface area contributed by atoms with E-state index in [-0.39, 0.29) is 11.8 Å². The van der Waals surface area contributed by atoms with E-state index in [4.69, 9.17) is 0 Å². The number of nitrogens with one attached hydrogen (secondary N) is 1. The number of hydrogen-bond donors (Lipinski definition) is 1. The maximum atomic E-state index is 12.7. The SMILES string of the molecule is Cc1nc(-c2ccc3c(c2)CCN3C(=O)CN2CCNC(=O)C2)cs1. The first-order valence-electron chi connectivity index (χ1n) is 8.45. The molecule has 2 amide bonds. The third kappa shape index (κ3) is 3.29. The van der Waals surface area contributed by atoms with Gasteiger partial charge in [0.1, 0.15) is 0 Å². The van der Waals surface area contributed by atoms with Crippen molar-refractivity contribution in [3.05, 3.63) is 34.2 Å². The van der Waals surface area contributed by atoms with E-state index in [1.807, 2.05) is 28.9 Å². The molecule has 1 fully saturated rings. The fourth-order valence-corrected chi connectivity index (χ4v) is 4.04. The minimum absolute atomic E-state index is 0.0101. The zero-order valence-electron chi connectivity index (χ0n) is 14.1. The number of amides is 2. The van der Waals surface area contributed by atoms with Crippen LogP contribution in [-0.4, -0.2) is 54.4 Å². The number of rotatable bonds is 3. The maximum Gasteiger partial charge on any atom is 0.241 e. The maximum absolute atomic E-state index is 12.7. The normalized spacial score (nSPS) is 17.5. The lowest BCUT2D eigenvalue weighted by molar-refractivity contribution is -0.126. The van der Waals surface area contributed by atoms with E-state index >= 15 is 0 Å². The number of aryl methyl sites for hydroxylation is 1. The van der Waals surface area contributed by atoms with Crippen molar-refractivity contribution in [3.8, 4) is 11.3 Å². The van der Waals surface area contributed by atoms with E-state index < -0.39 is 0 Å². The summed E-state index contributed by atoms with van der Waals surface area (Å²) in [5.74, 6) is 0.0507. The summed E-state index contributed by atoms with van der Waals surface area (Å²) in [7, 11) is 0. The molecule has 25 heavy (non-hydrogen) atoms. The topological polar surface area (TPSA) is 65.5 Å². The molecule has 2 aliphatic heterocycles. The second-order valence-electron chi connectivity index (χ2n) is 6.45. The number of benzene rings is 1. The summed E-state index contributed by atoms with van der Waals surface area (Å²) >= 11 is 1.64. The molecule has 0 atom stereocenters. The first-order chi connectivity index (χ1) is 12.1. The van der Waals surface area contributed by atoms with Gasteiger partial charge in [-0.3, -0.25) is 14.5 Å². The molecule has 0 saturated carbocycles. The van der Waals surface area contributed by atoms with Crippen molar-refractivity contribution in [3.63, 3.8) is 0 Å². The van der Waals surface area contributed by atoms with Crippen molar-refractivity contribution in [2.75, 3.05) is 37.6 Å². The highest BCUT2D eigenvalue weighted by Crippen LogP contribution is 2.32. The fourth-order valence-electron chi connectivity index (χ4n) is 3.42. The summed E-state index contributed by atoms with van der Waals surface area (Å²) in [6, 6.07) is 6.20. The first-order valence-corrected chi connectivity index (χ1v) is 9.33. The Balaban J connectivity index is 1.49. The van der Waals surface area contributed by atoms with Crippen molar-refractivity contribution in [2.45, 2.75) is 13.3 Å². The van der Waals surface area contributed by atoms with Crippen LogP contribution in [0.25, 0.3) is 11.3 Å². The van der Waals surface area contributed by atoms with Crippen LogP contribution in [0.4, 0.5) is 5.69 Å². The quantitative estimate of drug-likeness (QED) is 0.904. The van der Waals surface area contributed by atoms with Crippen LogP contribution in [0.5, 0.6) is 0 Å². The van der Waals surface area contributed by atoms with Gasteiger partial charge in [0.15, 0.2) is 0 Å². The van der Waals surface area contributed by atoms with Gasteiger partial charge >= 0.3 is 0 Å². The van der Waals surface area contributed by atoms with Crippen LogP contribution in [-0.2, 0) is 16.0 Å². The van der Waals surface area contributed by atoms with E-state index in [1.54, 1.807) is 11.3 Å². The molecule has 1 aromatic heterocycles. The number of carbonyl (C=O) groups is 2. The molecule has 2 aliphatic rings. The van der Waals surface area contributed by atoms with E-state index in [0.717, 1.165) is 34.9 Å². The molecule has 7 heteroatoms. The molecule has 0 aliphatic carbocycles. The first kappa shape index (κ1) is 16.2. The highest BCUT2D eigenvalue weighted by molar-refractivity contribution is 7.09. The van der Waals surface area contributed by atoms with Crippen molar-refractivity contribution < 1.29 is 9.59 Å². The van der Waals surface area contributed by atoms with Gasteiger partial charge in [0, 0.05) is 36.3 Å². The number of aromatic nitrogens is 1. The summed E-state index contributed by atoms with van der Waals surface area (Å²) in [6.45, 7) is 4.63. The number of nitrogens with zero attached hydrogens (tertiary/aromatic N) is 3. The Kier molecular flexibility index (Phi) is 4.27. The molecule has 0 unspecified atom stereocenters. The number of fused-ring (bicyclic) bond motifs is 1. The van der Waals surface area contributed by atoms with Crippen LogP contribution in [0, 0.1) is 6.92 Å². The van der Waals surface area contributed by atoms with Crippen molar-refractivity contribution in [1.82, 2.24) is 15.2 Å². The van der Waals surface area contributed by atoms with Crippen LogP contribution in [0.2, 0.25) is 0 Å². The molecule has 3 heterocycles. The number of carbonyl (C=O) groups excluding carboxylic acids is 2. The van der Waals surface area contributed by atoms with Gasteiger partial charge in [0.05, 0.1) is 23.8 Å². The van der Waals surface area contributed by atoms with Crippen LogP contribution in [0.15, 0.2) is 23.6 Å². The van der Waals surface area contributed by atoms with E-state index in [9.17, 15) is 9.59 Å². The molecule has 2 aromatic rings. The lowest BCUT2D eigenvalue weighted by Crippen LogP contribution is -2.51. The third-order valence-corrected chi connectivity index (χ3v) is 5.44. The Hall–Kier alpha value is -2.25. The molecule has 0 radical (unpaired) electrons. The van der Waals surface area contributed by atoms with Gasteiger partial charge in [-0.1, -0.05) is 6.07 Å². The smallest absolute Gasteiger partial charge is 0.241 e. The highest BCUT2D eigenvalue weighted by Gasteiger charge is 2.27. The Labute approximate surface area is 150 Å². The van der Waals surface area contributed by atoms with Gasteiger partial charge in [0.2, 0.25) is 11.8 Å². The van der Waals surface area contributed by atoms with Gasteiger partial charge in [-0.25, -0.2) is 4.98 Å². The molecule has 130 valence electrons. The van der Waals surface area contributed by atoms with E-state index in [2.05, 4.69) is 21.7 Å². The summed E-state index contributed by atoms with van der Waals surface area (Å²) < 4.78 is 0. The largest absolute Gasteiger partial charge is 0.354 e. The molecule has 0 bridgehead atoms. The average molecular weight is 356 g/mol. The Bertz CT molecular complexity index is 832. The Morgan fingerprint density at radius 2 is 2.24 bits per heavy atom. The molecular weight excluding hydrogens is 336 g/mol. The lowest BCUT2D eigenvalue weighted by atomic mass is 10.1. The number of anilines is 1. The van der Waals surface area contributed by atoms with Gasteiger partial charge < -0.3 is 10.2 Å². The molecule has 0 spiro atoms. The predicted molar refractivity (Wildman–Crippen MR) is 97.8 cm³/mol. The van der Waals surface area contributed by atoms with Crippen LogP contribution in [0.1, 0.15) is 10.6 Å². The Morgan fingerprint density at radius 1 is 1.36 bits per heavy atom. The summed E-state index contributed by atoms with van der Waals surface area (Å²) in [4.78, 5) is 32.4. The third-order valence-electron chi connectivity index (χ3n) is 4.67. The monoisotopic (exact) mass is 356 g/mol. The molecular formula is C18H20N4O2S. The summed E-state index contributed by atoms with van der Waals surface area (Å²) in [6.07, 6.45) is 0.860. The Morgan fingerprint density at radius 3 is 3.00 bits per heavy atom. The van der Waals surface area contributed by atoms with Crippen molar-refractivity contribution in [2.24, 2.45) is 0 Å². The predicted octanol–water partition coefficient (Wildman–Crippen LogP) is 1.44. The molecule has 4 rings (SSSR count). The van der Waals surface area contributed by atoms with E-state index in [0.29, 0.717) is 26.2 Å². The highest BCUT2D eigenvalue weighted by atomic mass is 32.1. The van der Waals surface area contributed by atoms with Gasteiger partial charge in [-0.05, 0) is 31.0 Å². The zero-order valence-corrected chi connectivity index (χ0v) is 14.9. The molecule has 1 N–H and O–H groups in total. The number of thiazole rings is 1. The minimum Gasteiger partial charge on any atom is -0.354 e. The second kappa shape index (κ2) is 6.57.